The molecule has 5 rings (SSSR count). The van der Waals surface area contributed by atoms with Crippen molar-refractivity contribution in [1.29, 1.82) is 0 Å². The van der Waals surface area contributed by atoms with Gasteiger partial charge in [0.15, 0.2) is 0 Å². The quantitative estimate of drug-likeness (QED) is 0.322. The van der Waals surface area contributed by atoms with Crippen LogP contribution in [0.3, 0.4) is 0 Å². The van der Waals surface area contributed by atoms with E-state index in [9.17, 15) is 0 Å². The molecule has 0 spiro atoms. The Hall–Kier alpha value is -2.72. The number of aryl methyl sites for hydroxylation is 1. The number of nitrogens with zero attached hydrogens (tertiary/aromatic N) is 2. The molecule has 0 saturated heterocycles. The summed E-state index contributed by atoms with van der Waals surface area (Å²) in [6, 6.07) is 13.8. The maximum atomic E-state index is 8.62. The van der Waals surface area contributed by atoms with Crippen LogP contribution in [0.25, 0.3) is 43.4 Å². The molecule has 0 N–H and O–H groups in total. The van der Waals surface area contributed by atoms with Crippen LogP contribution in [-0.2, 0) is 6.37 Å². The number of para-hydroxylation sites is 1. The zero-order valence-corrected chi connectivity index (χ0v) is 17.1. The molecule has 28 heavy (non-hydrogen) atoms. The van der Waals surface area contributed by atoms with Crippen molar-refractivity contribution in [1.82, 2.24) is 9.97 Å². The fraction of sp³-hybridized carbons (Fsp3) is 0.250. The second-order valence-corrected chi connectivity index (χ2v) is 9.37. The molecule has 5 aromatic rings. The molecule has 0 atom stereocenters. The van der Waals surface area contributed by atoms with Gasteiger partial charge in [0.25, 0.3) is 0 Å². The van der Waals surface area contributed by atoms with E-state index in [1.807, 2.05) is 52.0 Å². The topological polar surface area (TPSA) is 38.9 Å². The summed E-state index contributed by atoms with van der Waals surface area (Å²) in [5.41, 5.74) is 4.17. The number of furan rings is 1. The van der Waals surface area contributed by atoms with Gasteiger partial charge in [0, 0.05) is 31.3 Å². The van der Waals surface area contributed by atoms with E-state index in [2.05, 4.69) is 22.1 Å². The Balaban J connectivity index is 1.73. The largest absolute Gasteiger partial charge is 0.455 e. The summed E-state index contributed by atoms with van der Waals surface area (Å²) in [6.07, 6.45) is 0.193. The second-order valence-electron chi connectivity index (χ2n) is 8.14. The van der Waals surface area contributed by atoms with Crippen molar-refractivity contribution in [3.05, 3.63) is 59.2 Å². The third-order valence-corrected chi connectivity index (χ3v) is 5.60. The summed E-state index contributed by atoms with van der Waals surface area (Å²) in [4.78, 5) is 9.13. The number of rotatable bonds is 2. The highest BCUT2D eigenvalue weighted by Gasteiger charge is 2.16. The molecule has 0 radical (unpaired) electrons. The predicted octanol–water partition coefficient (Wildman–Crippen LogP) is 7.15. The maximum absolute atomic E-state index is 8.62. The second kappa shape index (κ2) is 6.14. The zero-order valence-electron chi connectivity index (χ0n) is 18.3. The summed E-state index contributed by atoms with van der Waals surface area (Å²) in [7, 11) is 0. The monoisotopic (exact) mass is 388 g/mol. The number of benzene rings is 2. The Labute approximate surface area is 170 Å². The van der Waals surface area contributed by atoms with Crippen molar-refractivity contribution < 1.29 is 7.16 Å². The van der Waals surface area contributed by atoms with Crippen molar-refractivity contribution in [3.8, 4) is 11.3 Å². The summed E-state index contributed by atoms with van der Waals surface area (Å²) in [5, 5.41) is 3.13. The van der Waals surface area contributed by atoms with Crippen molar-refractivity contribution in [3.63, 3.8) is 0 Å². The summed E-state index contributed by atoms with van der Waals surface area (Å²) in [5.74, 6) is 0. The Morgan fingerprint density at radius 3 is 2.79 bits per heavy atom. The molecule has 3 nitrogen and oxygen atoms in total. The van der Waals surface area contributed by atoms with E-state index in [4.69, 9.17) is 7.16 Å². The van der Waals surface area contributed by atoms with Crippen LogP contribution < -0.4 is 0 Å². The van der Waals surface area contributed by atoms with E-state index in [-0.39, 0.29) is 0 Å². The number of thiazole rings is 1. The Kier molecular flexibility index (Phi) is 3.34. The third-order valence-electron chi connectivity index (χ3n) is 4.67. The van der Waals surface area contributed by atoms with Gasteiger partial charge in [-0.05, 0) is 48.5 Å². The summed E-state index contributed by atoms with van der Waals surface area (Å²) < 4.78 is 24.7. The van der Waals surface area contributed by atoms with Crippen LogP contribution >= 0.6 is 11.3 Å². The maximum Gasteiger partial charge on any atom is 0.144 e. The lowest BCUT2D eigenvalue weighted by molar-refractivity contribution is 0.411. The standard InChI is InChI=1S/C24H22N2OS/c1-14-26-20-12-21-18(11-22(20)28-14)16-6-5-7-17(23(16)27-21)19-10-15(8-9-25-19)13-24(2,3)4/h5-12H,13H2,1-4H3/i13D2. The van der Waals surface area contributed by atoms with Gasteiger partial charge in [-0.1, -0.05) is 32.9 Å². The fourth-order valence-corrected chi connectivity index (χ4v) is 4.47. The smallest absolute Gasteiger partial charge is 0.144 e. The molecule has 3 aromatic heterocycles. The van der Waals surface area contributed by atoms with Gasteiger partial charge in [0.1, 0.15) is 11.2 Å². The molecule has 3 heterocycles. The Bertz CT molecular complexity index is 1430. The van der Waals surface area contributed by atoms with Crippen LogP contribution in [0.2, 0.25) is 0 Å². The lowest BCUT2D eigenvalue weighted by atomic mass is 9.88. The number of aromatic nitrogens is 2. The van der Waals surface area contributed by atoms with Gasteiger partial charge in [0.05, 0.1) is 20.9 Å². The van der Waals surface area contributed by atoms with Gasteiger partial charge in [0.2, 0.25) is 0 Å². The van der Waals surface area contributed by atoms with Crippen LogP contribution in [0.5, 0.6) is 0 Å². The first-order chi connectivity index (χ1) is 14.1. The lowest BCUT2D eigenvalue weighted by Crippen LogP contribution is -2.09. The highest BCUT2D eigenvalue weighted by molar-refractivity contribution is 7.18. The van der Waals surface area contributed by atoms with Crippen molar-refractivity contribution in [2.75, 3.05) is 0 Å². The zero-order chi connectivity index (χ0) is 21.3. The molecular formula is C24H22N2OS. The van der Waals surface area contributed by atoms with Crippen LogP contribution in [0.15, 0.2) is 53.1 Å². The number of hydrogen-bond acceptors (Lipinski definition) is 4. The number of pyridine rings is 1. The minimum atomic E-state index is -1.49. The molecule has 140 valence electrons. The van der Waals surface area contributed by atoms with E-state index in [0.29, 0.717) is 11.3 Å². The molecule has 0 aliphatic carbocycles. The molecule has 0 unspecified atom stereocenters. The van der Waals surface area contributed by atoms with Gasteiger partial charge in [-0.3, -0.25) is 4.98 Å². The molecule has 0 amide bonds. The van der Waals surface area contributed by atoms with E-state index in [1.165, 1.54) is 0 Å². The van der Waals surface area contributed by atoms with Gasteiger partial charge in [-0.15, -0.1) is 11.3 Å². The van der Waals surface area contributed by atoms with E-state index >= 15 is 0 Å². The molecule has 0 aliphatic heterocycles. The minimum Gasteiger partial charge on any atom is -0.455 e. The molecule has 4 heteroatoms. The van der Waals surface area contributed by atoms with Gasteiger partial charge >= 0.3 is 0 Å². The van der Waals surface area contributed by atoms with Crippen molar-refractivity contribution >= 4 is 43.5 Å². The Morgan fingerprint density at radius 2 is 1.96 bits per heavy atom. The van der Waals surface area contributed by atoms with E-state index in [0.717, 1.165) is 42.7 Å². The lowest BCUT2D eigenvalue weighted by Gasteiger charge is -2.18. The first-order valence-corrected chi connectivity index (χ1v) is 10.2. The van der Waals surface area contributed by atoms with Crippen LogP contribution in [-0.4, -0.2) is 9.97 Å². The number of hydrogen-bond donors (Lipinski definition) is 0. The van der Waals surface area contributed by atoms with Crippen LogP contribution in [0.1, 0.15) is 34.1 Å². The first-order valence-electron chi connectivity index (χ1n) is 10.3. The first kappa shape index (κ1) is 15.2. The highest BCUT2D eigenvalue weighted by Crippen LogP contribution is 2.38. The minimum absolute atomic E-state index is 0.534. The average Bonchev–Trinajstić information content (AvgIpc) is 3.23. The molecule has 0 bridgehead atoms. The van der Waals surface area contributed by atoms with E-state index in [1.54, 1.807) is 23.6 Å². The summed E-state index contributed by atoms with van der Waals surface area (Å²) >= 11 is 1.68. The van der Waals surface area contributed by atoms with Gasteiger partial charge < -0.3 is 4.42 Å². The third kappa shape index (κ3) is 2.98. The predicted molar refractivity (Wildman–Crippen MR) is 118 cm³/mol. The van der Waals surface area contributed by atoms with Crippen LogP contribution in [0, 0.1) is 12.3 Å². The average molecular weight is 389 g/mol. The Morgan fingerprint density at radius 1 is 1.11 bits per heavy atom. The molecular weight excluding hydrogens is 364 g/mol. The fourth-order valence-electron chi connectivity index (χ4n) is 3.62. The molecule has 0 fully saturated rings. The molecule has 2 aromatic carbocycles. The molecule has 0 aliphatic rings. The van der Waals surface area contributed by atoms with Gasteiger partial charge in [-0.2, -0.15) is 0 Å². The normalized spacial score (nSPS) is 14.0. The summed E-state index contributed by atoms with van der Waals surface area (Å²) in [6.45, 7) is 7.75. The van der Waals surface area contributed by atoms with Gasteiger partial charge in [-0.25, -0.2) is 4.98 Å². The number of fused-ring (bicyclic) bond motifs is 4. The van der Waals surface area contributed by atoms with Crippen molar-refractivity contribution in [2.45, 2.75) is 34.1 Å². The molecule has 0 saturated carbocycles. The van der Waals surface area contributed by atoms with Crippen LogP contribution in [0.4, 0.5) is 0 Å². The van der Waals surface area contributed by atoms with E-state index < -0.39 is 11.8 Å². The van der Waals surface area contributed by atoms with Crippen molar-refractivity contribution in [2.24, 2.45) is 5.41 Å². The highest BCUT2D eigenvalue weighted by atomic mass is 32.1. The SMILES string of the molecule is [2H]C([2H])(c1ccnc(-c2cccc3c2oc2cc4nc(C)sc4cc23)c1)C(C)(C)C.